The van der Waals surface area contributed by atoms with Crippen LogP contribution < -0.4 is 0 Å². The highest BCUT2D eigenvalue weighted by atomic mass is 31.1. The largest absolute Gasteiger partial charge is 0.749 e. The van der Waals surface area contributed by atoms with Crippen molar-refractivity contribution in [1.82, 2.24) is 0 Å². The van der Waals surface area contributed by atoms with E-state index in [2.05, 4.69) is 16.0 Å². The molecular weight excluding hydrogens is 163 g/mol. The summed E-state index contributed by atoms with van der Waals surface area (Å²) in [5.41, 5.74) is 0. The summed E-state index contributed by atoms with van der Waals surface area (Å²) >= 11 is 0. The molecule has 1 atom stereocenters. The SMILES string of the molecule is CCCCC=CO[P+](=O)OC. The molecule has 0 spiro atoms. The van der Waals surface area contributed by atoms with E-state index in [1.807, 2.05) is 6.08 Å². The first-order chi connectivity index (χ1) is 5.31. The van der Waals surface area contributed by atoms with E-state index in [-0.39, 0.29) is 0 Å². The first kappa shape index (κ1) is 10.6. The van der Waals surface area contributed by atoms with E-state index < -0.39 is 8.25 Å². The molecule has 0 saturated heterocycles. The minimum atomic E-state index is -1.94. The molecular formula is C7H14O3P+. The van der Waals surface area contributed by atoms with E-state index in [1.165, 1.54) is 13.4 Å². The summed E-state index contributed by atoms with van der Waals surface area (Å²) in [6.45, 7) is 2.12. The molecule has 0 fully saturated rings. The Morgan fingerprint density at radius 2 is 2.27 bits per heavy atom. The van der Waals surface area contributed by atoms with E-state index in [1.54, 1.807) is 0 Å². The molecule has 0 aliphatic rings. The first-order valence-corrected chi connectivity index (χ1v) is 4.74. The third-order valence-corrected chi connectivity index (χ3v) is 1.71. The molecule has 0 heterocycles. The fourth-order valence-corrected chi connectivity index (χ4v) is 0.797. The van der Waals surface area contributed by atoms with Crippen molar-refractivity contribution in [1.29, 1.82) is 0 Å². The summed E-state index contributed by atoms with van der Waals surface area (Å²) in [7, 11) is -0.590. The second-order valence-corrected chi connectivity index (χ2v) is 3.05. The van der Waals surface area contributed by atoms with Crippen molar-refractivity contribution in [3.63, 3.8) is 0 Å². The minimum Gasteiger partial charge on any atom is -0.238 e. The molecule has 0 saturated carbocycles. The average molecular weight is 177 g/mol. The summed E-state index contributed by atoms with van der Waals surface area (Å²) < 4.78 is 19.5. The van der Waals surface area contributed by atoms with E-state index in [4.69, 9.17) is 0 Å². The Morgan fingerprint density at radius 3 is 2.82 bits per heavy atom. The van der Waals surface area contributed by atoms with Gasteiger partial charge in [0, 0.05) is 4.57 Å². The first-order valence-electron chi connectivity index (χ1n) is 3.64. The second-order valence-electron chi connectivity index (χ2n) is 2.03. The van der Waals surface area contributed by atoms with Gasteiger partial charge in [0.2, 0.25) is 0 Å². The molecule has 4 heteroatoms. The molecule has 0 aromatic rings. The molecule has 0 N–H and O–H groups in total. The summed E-state index contributed by atoms with van der Waals surface area (Å²) in [4.78, 5) is 0. The molecule has 0 aromatic heterocycles. The zero-order valence-corrected chi connectivity index (χ0v) is 7.84. The number of rotatable bonds is 6. The predicted octanol–water partition coefficient (Wildman–Crippen LogP) is 3.01. The lowest BCUT2D eigenvalue weighted by atomic mass is 10.2. The molecule has 0 amide bonds. The Labute approximate surface area is 68.3 Å². The lowest BCUT2D eigenvalue weighted by Crippen LogP contribution is -1.70. The molecule has 1 unspecified atom stereocenters. The van der Waals surface area contributed by atoms with Crippen LogP contribution in [0, 0.1) is 0 Å². The van der Waals surface area contributed by atoms with Gasteiger partial charge in [-0.05, 0) is 18.9 Å². The Bertz CT molecular complexity index is 134. The molecule has 0 aromatic carbocycles. The zero-order valence-electron chi connectivity index (χ0n) is 6.95. The highest BCUT2D eigenvalue weighted by Crippen LogP contribution is 2.21. The van der Waals surface area contributed by atoms with Crippen molar-refractivity contribution in [3.05, 3.63) is 12.3 Å². The average Bonchev–Trinajstić information content (AvgIpc) is 2.04. The van der Waals surface area contributed by atoms with Crippen LogP contribution in [0.1, 0.15) is 26.2 Å². The summed E-state index contributed by atoms with van der Waals surface area (Å²) in [5.74, 6) is 0. The van der Waals surface area contributed by atoms with Gasteiger partial charge in [-0.1, -0.05) is 13.3 Å². The fraction of sp³-hybridized carbons (Fsp3) is 0.714. The lowest BCUT2D eigenvalue weighted by Gasteiger charge is -1.84. The van der Waals surface area contributed by atoms with Crippen molar-refractivity contribution in [2.24, 2.45) is 0 Å². The zero-order chi connectivity index (χ0) is 8.53. The maximum absolute atomic E-state index is 10.5. The topological polar surface area (TPSA) is 35.5 Å². The van der Waals surface area contributed by atoms with Crippen LogP contribution in [-0.4, -0.2) is 7.11 Å². The van der Waals surface area contributed by atoms with Crippen LogP contribution in [-0.2, 0) is 13.6 Å². The molecule has 64 valence electrons. The van der Waals surface area contributed by atoms with Gasteiger partial charge < -0.3 is 0 Å². The van der Waals surface area contributed by atoms with Gasteiger partial charge in [0.15, 0.2) is 0 Å². The smallest absolute Gasteiger partial charge is 0.238 e. The Hall–Kier alpha value is -0.400. The predicted molar refractivity (Wildman–Crippen MR) is 44.4 cm³/mol. The summed E-state index contributed by atoms with van der Waals surface area (Å²) in [6, 6.07) is 0. The van der Waals surface area contributed by atoms with Crippen LogP contribution in [0.15, 0.2) is 12.3 Å². The Morgan fingerprint density at radius 1 is 1.55 bits per heavy atom. The third-order valence-electron chi connectivity index (χ3n) is 1.12. The number of unbranched alkanes of at least 4 members (excludes halogenated alkanes) is 2. The highest BCUT2D eigenvalue weighted by Gasteiger charge is 2.13. The van der Waals surface area contributed by atoms with Gasteiger partial charge in [0.1, 0.15) is 6.26 Å². The van der Waals surface area contributed by atoms with Crippen LogP contribution in [0.3, 0.4) is 0 Å². The normalized spacial score (nSPS) is 12.0. The maximum Gasteiger partial charge on any atom is 0.749 e. The second kappa shape index (κ2) is 7.70. The molecule has 3 nitrogen and oxygen atoms in total. The van der Waals surface area contributed by atoms with Gasteiger partial charge in [-0.25, -0.2) is 4.52 Å². The van der Waals surface area contributed by atoms with Gasteiger partial charge >= 0.3 is 8.25 Å². The van der Waals surface area contributed by atoms with Crippen molar-refractivity contribution in [2.45, 2.75) is 26.2 Å². The van der Waals surface area contributed by atoms with E-state index in [0.717, 1.165) is 19.3 Å². The third kappa shape index (κ3) is 7.50. The lowest BCUT2D eigenvalue weighted by molar-refractivity contribution is 0.326. The molecule has 0 aliphatic heterocycles. The van der Waals surface area contributed by atoms with Gasteiger partial charge in [0.05, 0.1) is 7.11 Å². The van der Waals surface area contributed by atoms with Crippen LogP contribution in [0.4, 0.5) is 0 Å². The Balaban J connectivity index is 3.22. The number of hydrogen-bond donors (Lipinski definition) is 0. The van der Waals surface area contributed by atoms with Gasteiger partial charge in [0.25, 0.3) is 0 Å². The van der Waals surface area contributed by atoms with Crippen LogP contribution in [0.5, 0.6) is 0 Å². The Kier molecular flexibility index (Phi) is 7.42. The van der Waals surface area contributed by atoms with Crippen molar-refractivity contribution >= 4 is 8.25 Å². The van der Waals surface area contributed by atoms with E-state index >= 15 is 0 Å². The summed E-state index contributed by atoms with van der Waals surface area (Å²) in [6.07, 6.45) is 6.52. The minimum absolute atomic E-state index is 0.962. The van der Waals surface area contributed by atoms with Crippen LogP contribution in [0.2, 0.25) is 0 Å². The molecule has 0 aliphatic carbocycles. The highest BCUT2D eigenvalue weighted by molar-refractivity contribution is 7.33. The van der Waals surface area contributed by atoms with Crippen LogP contribution in [0.25, 0.3) is 0 Å². The van der Waals surface area contributed by atoms with E-state index in [0.29, 0.717) is 0 Å². The van der Waals surface area contributed by atoms with Crippen molar-refractivity contribution in [3.8, 4) is 0 Å². The van der Waals surface area contributed by atoms with Gasteiger partial charge in [-0.3, -0.25) is 0 Å². The van der Waals surface area contributed by atoms with Gasteiger partial charge in [-0.2, -0.15) is 0 Å². The molecule has 0 bridgehead atoms. The van der Waals surface area contributed by atoms with Crippen LogP contribution >= 0.6 is 8.25 Å². The van der Waals surface area contributed by atoms with E-state index in [9.17, 15) is 4.57 Å². The molecule has 11 heavy (non-hydrogen) atoms. The monoisotopic (exact) mass is 177 g/mol. The maximum atomic E-state index is 10.5. The summed E-state index contributed by atoms with van der Waals surface area (Å²) in [5, 5.41) is 0. The number of hydrogen-bond acceptors (Lipinski definition) is 3. The quantitative estimate of drug-likeness (QED) is 0.355. The van der Waals surface area contributed by atoms with Crippen molar-refractivity contribution in [2.75, 3.05) is 7.11 Å². The van der Waals surface area contributed by atoms with Gasteiger partial charge in [-0.15, -0.1) is 4.52 Å². The molecule has 0 rings (SSSR count). The standard InChI is InChI=1S/C7H14O3P/c1-3-4-5-6-7-10-11(8)9-2/h6-7H,3-5H2,1-2H3/q+1. The molecule has 0 radical (unpaired) electrons. The van der Waals surface area contributed by atoms with Crippen molar-refractivity contribution < 1.29 is 13.6 Å². The fourth-order valence-electron chi connectivity index (χ4n) is 0.526. The number of allylic oxidation sites excluding steroid dienone is 1.